The van der Waals surface area contributed by atoms with Crippen LogP contribution in [0.5, 0.6) is 0 Å². The van der Waals surface area contributed by atoms with Crippen molar-refractivity contribution in [3.63, 3.8) is 0 Å². The van der Waals surface area contributed by atoms with Crippen LogP contribution in [0.25, 0.3) is 0 Å². The highest BCUT2D eigenvalue weighted by Gasteiger charge is 2.14. The minimum atomic E-state index is -2.61. The van der Waals surface area contributed by atoms with Crippen LogP contribution in [-0.2, 0) is 6.42 Å². The van der Waals surface area contributed by atoms with Crippen LogP contribution in [0, 0.1) is 0 Å². The lowest BCUT2D eigenvalue weighted by Gasteiger charge is -2.08. The molecule has 0 atom stereocenters. The van der Waals surface area contributed by atoms with Crippen molar-refractivity contribution >= 4 is 17.9 Å². The molecule has 0 amide bonds. The lowest BCUT2D eigenvalue weighted by Crippen LogP contribution is -2.00. The van der Waals surface area contributed by atoms with Gasteiger partial charge in [0.25, 0.3) is 6.43 Å². The maximum absolute atomic E-state index is 12.5. The lowest BCUT2D eigenvalue weighted by atomic mass is 9.99. The summed E-state index contributed by atoms with van der Waals surface area (Å²) in [5.74, 6) is 0.456. The number of hydrogen-bond acceptors (Lipinski definition) is 1. The second-order valence-electron chi connectivity index (χ2n) is 3.13. The largest absolute Gasteiger partial charge is 0.298 e. The highest BCUT2D eigenvalue weighted by atomic mass is 35.5. The fourth-order valence-corrected chi connectivity index (χ4v) is 1.58. The Morgan fingerprint density at radius 2 is 2.13 bits per heavy atom. The van der Waals surface area contributed by atoms with Crippen LogP contribution in [0.15, 0.2) is 18.2 Å². The van der Waals surface area contributed by atoms with E-state index in [0.717, 1.165) is 0 Å². The molecule has 82 valence electrons. The number of aldehydes is 1. The molecule has 1 aromatic carbocycles. The van der Waals surface area contributed by atoms with Crippen LogP contribution < -0.4 is 0 Å². The molecule has 4 heteroatoms. The maximum atomic E-state index is 12.5. The fraction of sp³-hybridized carbons (Fsp3) is 0.364. The SMILES string of the molecule is O=Cc1c(CCCCl)cccc1C(F)F. The molecule has 0 heterocycles. The number of rotatable bonds is 5. The third-order valence-electron chi connectivity index (χ3n) is 2.16. The molecule has 0 spiro atoms. The Morgan fingerprint density at radius 3 is 2.67 bits per heavy atom. The van der Waals surface area contributed by atoms with Gasteiger partial charge in [-0.05, 0) is 18.4 Å². The van der Waals surface area contributed by atoms with Crippen molar-refractivity contribution in [3.05, 3.63) is 34.9 Å². The van der Waals surface area contributed by atoms with Crippen molar-refractivity contribution in [1.82, 2.24) is 0 Å². The van der Waals surface area contributed by atoms with Gasteiger partial charge in [0.1, 0.15) is 0 Å². The molecule has 1 rings (SSSR count). The van der Waals surface area contributed by atoms with Gasteiger partial charge in [-0.3, -0.25) is 4.79 Å². The van der Waals surface area contributed by atoms with Gasteiger partial charge < -0.3 is 0 Å². The first-order chi connectivity index (χ1) is 7.20. The summed E-state index contributed by atoms with van der Waals surface area (Å²) < 4.78 is 25.1. The minimum Gasteiger partial charge on any atom is -0.298 e. The molecule has 0 aliphatic rings. The van der Waals surface area contributed by atoms with Crippen LogP contribution in [0.2, 0.25) is 0 Å². The monoisotopic (exact) mass is 232 g/mol. The minimum absolute atomic E-state index is 0.109. The van der Waals surface area contributed by atoms with E-state index >= 15 is 0 Å². The topological polar surface area (TPSA) is 17.1 Å². The Labute approximate surface area is 92.1 Å². The Morgan fingerprint density at radius 1 is 1.40 bits per heavy atom. The molecule has 0 aromatic heterocycles. The van der Waals surface area contributed by atoms with E-state index in [1.165, 1.54) is 12.1 Å². The van der Waals surface area contributed by atoms with Crippen LogP contribution in [0.3, 0.4) is 0 Å². The van der Waals surface area contributed by atoms with Crippen molar-refractivity contribution in [2.75, 3.05) is 5.88 Å². The highest BCUT2D eigenvalue weighted by molar-refractivity contribution is 6.17. The number of aryl methyl sites for hydroxylation is 1. The molecule has 1 nitrogen and oxygen atoms in total. The molecule has 0 aliphatic carbocycles. The van der Waals surface area contributed by atoms with Gasteiger partial charge in [-0.1, -0.05) is 18.2 Å². The van der Waals surface area contributed by atoms with Crippen molar-refractivity contribution in [2.45, 2.75) is 19.3 Å². The van der Waals surface area contributed by atoms with Crippen molar-refractivity contribution in [3.8, 4) is 0 Å². The standard InChI is InChI=1S/C11H11ClF2O/c12-6-2-4-8-3-1-5-9(11(13)14)10(8)7-15/h1,3,5,7,11H,2,4,6H2. The summed E-state index contributed by atoms with van der Waals surface area (Å²) in [5.41, 5.74) is 0.554. The highest BCUT2D eigenvalue weighted by Crippen LogP contribution is 2.24. The molecule has 0 N–H and O–H groups in total. The molecule has 0 aliphatic heterocycles. The average molecular weight is 233 g/mol. The molecular weight excluding hydrogens is 222 g/mol. The van der Waals surface area contributed by atoms with E-state index in [1.54, 1.807) is 6.07 Å². The number of hydrogen-bond donors (Lipinski definition) is 0. The smallest absolute Gasteiger partial charge is 0.264 e. The zero-order valence-corrected chi connectivity index (χ0v) is 8.81. The predicted octanol–water partition coefficient (Wildman–Crippen LogP) is 3.61. The quantitative estimate of drug-likeness (QED) is 0.560. The van der Waals surface area contributed by atoms with Gasteiger partial charge in [-0.25, -0.2) is 8.78 Å². The predicted molar refractivity (Wildman–Crippen MR) is 55.8 cm³/mol. The number of benzene rings is 1. The van der Waals surface area contributed by atoms with Gasteiger partial charge in [-0.2, -0.15) is 0 Å². The van der Waals surface area contributed by atoms with E-state index in [2.05, 4.69) is 0 Å². The Balaban J connectivity index is 3.04. The molecule has 0 unspecified atom stereocenters. The van der Waals surface area contributed by atoms with Gasteiger partial charge in [0.05, 0.1) is 0 Å². The first-order valence-corrected chi connectivity index (χ1v) is 5.15. The molecule has 0 saturated heterocycles. The van der Waals surface area contributed by atoms with Crippen LogP contribution >= 0.6 is 11.6 Å². The zero-order chi connectivity index (χ0) is 11.3. The Hall–Kier alpha value is -0.960. The molecule has 0 fully saturated rings. The van der Waals surface area contributed by atoms with Gasteiger partial charge in [0.2, 0.25) is 0 Å². The van der Waals surface area contributed by atoms with Crippen molar-refractivity contribution in [1.29, 1.82) is 0 Å². The van der Waals surface area contributed by atoms with Crippen molar-refractivity contribution in [2.24, 2.45) is 0 Å². The van der Waals surface area contributed by atoms with E-state index < -0.39 is 6.43 Å². The first kappa shape index (κ1) is 12.1. The fourth-order valence-electron chi connectivity index (χ4n) is 1.44. The number of carbonyl (C=O) groups is 1. The Kier molecular flexibility index (Phi) is 4.69. The number of alkyl halides is 3. The number of carbonyl (C=O) groups excluding carboxylic acids is 1. The lowest BCUT2D eigenvalue weighted by molar-refractivity contribution is 0.110. The number of halogens is 3. The summed E-state index contributed by atoms with van der Waals surface area (Å²) in [6.45, 7) is 0. The third kappa shape index (κ3) is 2.99. The molecule has 1 aromatic rings. The molecule has 15 heavy (non-hydrogen) atoms. The van der Waals surface area contributed by atoms with E-state index in [0.29, 0.717) is 30.6 Å². The second kappa shape index (κ2) is 5.81. The third-order valence-corrected chi connectivity index (χ3v) is 2.43. The molecular formula is C11H11ClF2O. The second-order valence-corrected chi connectivity index (χ2v) is 3.51. The van der Waals surface area contributed by atoms with Crippen molar-refractivity contribution < 1.29 is 13.6 Å². The summed E-state index contributed by atoms with van der Waals surface area (Å²) in [6, 6.07) is 4.50. The van der Waals surface area contributed by atoms with Gasteiger partial charge in [0.15, 0.2) is 6.29 Å². The van der Waals surface area contributed by atoms with E-state index in [9.17, 15) is 13.6 Å². The van der Waals surface area contributed by atoms with Gasteiger partial charge >= 0.3 is 0 Å². The summed E-state index contributed by atoms with van der Waals surface area (Å²) in [4.78, 5) is 10.7. The summed E-state index contributed by atoms with van der Waals surface area (Å²) in [7, 11) is 0. The van der Waals surface area contributed by atoms with Gasteiger partial charge in [0, 0.05) is 17.0 Å². The van der Waals surface area contributed by atoms with Gasteiger partial charge in [-0.15, -0.1) is 11.6 Å². The molecule has 0 saturated carbocycles. The summed E-state index contributed by atoms with van der Waals surface area (Å²) in [6.07, 6.45) is -0.890. The van der Waals surface area contributed by atoms with Crippen LogP contribution in [-0.4, -0.2) is 12.2 Å². The average Bonchev–Trinajstić information content (AvgIpc) is 2.25. The summed E-state index contributed by atoms with van der Waals surface area (Å²) in [5, 5.41) is 0. The van der Waals surface area contributed by atoms with E-state index in [-0.39, 0.29) is 11.1 Å². The Bertz CT molecular complexity index is 339. The summed E-state index contributed by atoms with van der Waals surface area (Å²) >= 11 is 5.51. The zero-order valence-electron chi connectivity index (χ0n) is 8.05. The van der Waals surface area contributed by atoms with E-state index in [4.69, 9.17) is 11.6 Å². The van der Waals surface area contributed by atoms with Crippen LogP contribution in [0.4, 0.5) is 8.78 Å². The molecule has 0 bridgehead atoms. The maximum Gasteiger partial charge on any atom is 0.264 e. The normalized spacial score (nSPS) is 10.7. The first-order valence-electron chi connectivity index (χ1n) is 4.61. The van der Waals surface area contributed by atoms with E-state index in [1.807, 2.05) is 0 Å². The van der Waals surface area contributed by atoms with Crippen LogP contribution in [0.1, 0.15) is 34.3 Å². The molecule has 0 radical (unpaired) electrons.